The average molecular weight is 247 g/mol. The topological polar surface area (TPSA) is 42.1 Å². The van der Waals surface area contributed by atoms with Crippen LogP contribution in [0.4, 0.5) is 0 Å². The zero-order chi connectivity index (χ0) is 13.3. The molecule has 0 unspecified atom stereocenters. The van der Waals surface area contributed by atoms with Crippen LogP contribution in [0.1, 0.15) is 11.7 Å². The van der Waals surface area contributed by atoms with Gasteiger partial charge in [0.25, 0.3) is 5.91 Å². The van der Waals surface area contributed by atoms with Crippen molar-refractivity contribution >= 4 is 5.91 Å². The molecule has 1 aliphatic heterocycles. The van der Waals surface area contributed by atoms with Crippen molar-refractivity contribution in [3.05, 3.63) is 42.0 Å². The Balaban J connectivity index is 2.02. The van der Waals surface area contributed by atoms with E-state index < -0.39 is 0 Å². The molecule has 1 amide bonds. The average Bonchev–Trinajstić information content (AvgIpc) is 3.17. The van der Waals surface area contributed by atoms with Gasteiger partial charge in [0.2, 0.25) is 0 Å². The second-order valence-electron chi connectivity index (χ2n) is 4.48. The molecular weight excluding hydrogens is 230 g/mol. The van der Waals surface area contributed by atoms with Gasteiger partial charge < -0.3 is 14.4 Å². The SMILES string of the molecule is C=C(C(=O)N(C)C)[C@H]1O[C@H]1c1ccc(OC)cc1. The highest BCUT2D eigenvalue weighted by atomic mass is 16.6. The number of likely N-dealkylation sites (N-methyl/N-ethyl adjacent to an activating group) is 1. The summed E-state index contributed by atoms with van der Waals surface area (Å²) in [4.78, 5) is 13.2. The first-order valence-electron chi connectivity index (χ1n) is 5.74. The number of ether oxygens (including phenoxy) is 2. The molecule has 0 aromatic heterocycles. The molecule has 1 heterocycles. The van der Waals surface area contributed by atoms with Crippen molar-refractivity contribution in [3.8, 4) is 5.75 Å². The lowest BCUT2D eigenvalue weighted by atomic mass is 10.0. The molecule has 4 nitrogen and oxygen atoms in total. The minimum atomic E-state index is -0.201. The summed E-state index contributed by atoms with van der Waals surface area (Å²) in [6.07, 6.45) is -0.263. The van der Waals surface area contributed by atoms with Crippen LogP contribution < -0.4 is 4.74 Å². The van der Waals surface area contributed by atoms with E-state index in [2.05, 4.69) is 6.58 Å². The number of carbonyl (C=O) groups excluding carboxylic acids is 1. The van der Waals surface area contributed by atoms with Crippen molar-refractivity contribution in [1.29, 1.82) is 0 Å². The van der Waals surface area contributed by atoms with Crippen molar-refractivity contribution in [3.63, 3.8) is 0 Å². The van der Waals surface area contributed by atoms with Gasteiger partial charge in [-0.1, -0.05) is 18.7 Å². The van der Waals surface area contributed by atoms with Crippen LogP contribution in [0.2, 0.25) is 0 Å². The maximum Gasteiger partial charge on any atom is 0.251 e. The van der Waals surface area contributed by atoms with Crippen molar-refractivity contribution in [2.45, 2.75) is 12.2 Å². The molecule has 1 aliphatic rings. The molecule has 0 spiro atoms. The van der Waals surface area contributed by atoms with Crippen LogP contribution in [0.25, 0.3) is 0 Å². The Hall–Kier alpha value is -1.81. The van der Waals surface area contributed by atoms with Crippen molar-refractivity contribution in [1.82, 2.24) is 4.90 Å². The molecule has 2 rings (SSSR count). The van der Waals surface area contributed by atoms with Crippen LogP contribution in [0, 0.1) is 0 Å². The summed E-state index contributed by atoms with van der Waals surface area (Å²) in [5.41, 5.74) is 1.54. The van der Waals surface area contributed by atoms with Gasteiger partial charge in [-0.25, -0.2) is 0 Å². The van der Waals surface area contributed by atoms with Crippen LogP contribution in [-0.2, 0) is 9.53 Å². The van der Waals surface area contributed by atoms with Crippen molar-refractivity contribution < 1.29 is 14.3 Å². The van der Waals surface area contributed by atoms with E-state index in [0.717, 1.165) is 11.3 Å². The number of carbonyl (C=O) groups is 1. The van der Waals surface area contributed by atoms with Crippen LogP contribution in [0.3, 0.4) is 0 Å². The molecule has 0 aliphatic carbocycles. The number of benzene rings is 1. The highest BCUT2D eigenvalue weighted by Crippen LogP contribution is 2.43. The molecule has 2 atom stereocenters. The second kappa shape index (κ2) is 4.82. The predicted molar refractivity (Wildman–Crippen MR) is 68.4 cm³/mol. The first-order valence-corrected chi connectivity index (χ1v) is 5.74. The standard InChI is InChI=1S/C14H17NO3/c1-9(14(16)15(2)3)12-13(18-12)10-5-7-11(17-4)8-6-10/h5-8,12-13H,1H2,2-4H3/t12-,13+/m1/s1. The molecule has 1 aromatic carbocycles. The molecule has 96 valence electrons. The van der Waals surface area contributed by atoms with E-state index in [1.54, 1.807) is 21.2 Å². The largest absolute Gasteiger partial charge is 0.497 e. The Kier molecular flexibility index (Phi) is 3.39. The zero-order valence-electron chi connectivity index (χ0n) is 10.8. The van der Waals surface area contributed by atoms with E-state index in [9.17, 15) is 4.79 Å². The zero-order valence-corrected chi connectivity index (χ0v) is 10.8. The van der Waals surface area contributed by atoms with Gasteiger partial charge in [-0.05, 0) is 17.7 Å². The van der Waals surface area contributed by atoms with Gasteiger partial charge in [0, 0.05) is 19.7 Å². The number of hydrogen-bond acceptors (Lipinski definition) is 3. The summed E-state index contributed by atoms with van der Waals surface area (Å²) < 4.78 is 10.6. The first-order chi connectivity index (χ1) is 8.54. The Labute approximate surface area is 107 Å². The van der Waals surface area contributed by atoms with E-state index in [4.69, 9.17) is 9.47 Å². The van der Waals surface area contributed by atoms with Gasteiger partial charge in [0.1, 0.15) is 18.0 Å². The summed E-state index contributed by atoms with van der Waals surface area (Å²) in [6.45, 7) is 3.81. The maximum absolute atomic E-state index is 11.7. The number of methoxy groups -OCH3 is 1. The third kappa shape index (κ3) is 2.38. The number of nitrogens with zero attached hydrogens (tertiary/aromatic N) is 1. The van der Waals surface area contributed by atoms with E-state index in [0.29, 0.717) is 5.57 Å². The van der Waals surface area contributed by atoms with E-state index in [1.165, 1.54) is 4.90 Å². The minimum absolute atomic E-state index is 0.0627. The highest BCUT2D eigenvalue weighted by molar-refractivity contribution is 5.94. The van der Waals surface area contributed by atoms with Crippen LogP contribution in [0.15, 0.2) is 36.4 Å². The molecule has 0 N–H and O–H groups in total. The molecular formula is C14H17NO3. The molecule has 0 saturated carbocycles. The van der Waals surface area contributed by atoms with Crippen LogP contribution in [0.5, 0.6) is 5.75 Å². The molecule has 0 radical (unpaired) electrons. The van der Waals surface area contributed by atoms with Gasteiger partial charge in [0.15, 0.2) is 0 Å². The summed E-state index contributed by atoms with van der Waals surface area (Å²) in [7, 11) is 5.04. The minimum Gasteiger partial charge on any atom is -0.497 e. The summed E-state index contributed by atoms with van der Waals surface area (Å²) >= 11 is 0. The highest BCUT2D eigenvalue weighted by Gasteiger charge is 2.44. The van der Waals surface area contributed by atoms with Gasteiger partial charge in [0.05, 0.1) is 7.11 Å². The van der Waals surface area contributed by atoms with Crippen LogP contribution in [-0.4, -0.2) is 38.1 Å². The lowest BCUT2D eigenvalue weighted by Crippen LogP contribution is -2.25. The Morgan fingerprint density at radius 1 is 1.33 bits per heavy atom. The smallest absolute Gasteiger partial charge is 0.251 e. The molecule has 18 heavy (non-hydrogen) atoms. The Bertz CT molecular complexity index is 464. The lowest BCUT2D eigenvalue weighted by Gasteiger charge is -2.10. The Morgan fingerprint density at radius 2 is 1.94 bits per heavy atom. The second-order valence-corrected chi connectivity index (χ2v) is 4.48. The van der Waals surface area contributed by atoms with E-state index in [-0.39, 0.29) is 18.1 Å². The molecule has 0 bridgehead atoms. The maximum atomic E-state index is 11.7. The van der Waals surface area contributed by atoms with Gasteiger partial charge in [-0.15, -0.1) is 0 Å². The van der Waals surface area contributed by atoms with E-state index in [1.807, 2.05) is 24.3 Å². The normalized spacial score (nSPS) is 21.3. The lowest BCUT2D eigenvalue weighted by molar-refractivity contribution is -0.124. The number of amides is 1. The molecule has 1 aromatic rings. The van der Waals surface area contributed by atoms with Crippen molar-refractivity contribution in [2.75, 3.05) is 21.2 Å². The van der Waals surface area contributed by atoms with E-state index >= 15 is 0 Å². The predicted octanol–water partition coefficient (Wildman–Crippen LogP) is 1.78. The van der Waals surface area contributed by atoms with Gasteiger partial charge in [-0.2, -0.15) is 0 Å². The number of rotatable bonds is 4. The monoisotopic (exact) mass is 247 g/mol. The Morgan fingerprint density at radius 3 is 2.44 bits per heavy atom. The third-order valence-electron chi connectivity index (χ3n) is 2.96. The third-order valence-corrected chi connectivity index (χ3v) is 2.96. The fourth-order valence-corrected chi connectivity index (χ4v) is 1.83. The molecule has 1 fully saturated rings. The van der Waals surface area contributed by atoms with Crippen LogP contribution >= 0.6 is 0 Å². The molecule has 4 heteroatoms. The quantitative estimate of drug-likeness (QED) is 0.601. The summed E-state index contributed by atoms with van der Waals surface area (Å²) in [6, 6.07) is 7.64. The van der Waals surface area contributed by atoms with Gasteiger partial charge in [-0.3, -0.25) is 4.79 Å². The van der Waals surface area contributed by atoms with Gasteiger partial charge >= 0.3 is 0 Å². The fourth-order valence-electron chi connectivity index (χ4n) is 1.83. The molecule has 1 saturated heterocycles. The number of hydrogen-bond donors (Lipinski definition) is 0. The van der Waals surface area contributed by atoms with Crippen molar-refractivity contribution in [2.24, 2.45) is 0 Å². The first kappa shape index (κ1) is 12.6. The summed E-state index contributed by atoms with van der Waals surface area (Å²) in [5, 5.41) is 0. The summed E-state index contributed by atoms with van der Waals surface area (Å²) in [5.74, 6) is 0.718. The number of epoxide rings is 1. The fraction of sp³-hybridized carbons (Fsp3) is 0.357.